The van der Waals surface area contributed by atoms with Crippen molar-refractivity contribution < 1.29 is 14.6 Å². The van der Waals surface area contributed by atoms with Crippen molar-refractivity contribution in [3.8, 4) is 17.6 Å². The zero-order valence-corrected chi connectivity index (χ0v) is 20.3. The number of fused-ring (bicyclic) bond motifs is 1. The second-order valence-electron chi connectivity index (χ2n) is 8.86. The number of para-hydroxylation sites is 1. The molecule has 1 atom stereocenters. The number of aromatic amines is 1. The van der Waals surface area contributed by atoms with Crippen LogP contribution in [0.15, 0.2) is 72.9 Å². The van der Waals surface area contributed by atoms with E-state index >= 15 is 0 Å². The van der Waals surface area contributed by atoms with Crippen molar-refractivity contribution in [1.82, 2.24) is 10.3 Å². The third kappa shape index (κ3) is 5.92. The molecule has 35 heavy (non-hydrogen) atoms. The standard InChI is InChI=1S/C30H30N2O3/c1-20(2)35-29-15-13-22(12-14-23-9-5-4-8-21(23)3)16-27(29)30(34)32-25(19-33)17-24-18-31-28-11-7-6-10-26(24)28/h4-11,13,15-16,18,20,25,31,33H,17,19H2,1-3H3,(H,32,34)/t25-/m1/s1. The van der Waals surface area contributed by atoms with Gasteiger partial charge in [0.2, 0.25) is 0 Å². The molecule has 4 rings (SSSR count). The Kier molecular flexibility index (Phi) is 7.54. The van der Waals surface area contributed by atoms with E-state index in [0.29, 0.717) is 23.3 Å². The molecule has 0 saturated heterocycles. The Morgan fingerprint density at radius 3 is 2.60 bits per heavy atom. The summed E-state index contributed by atoms with van der Waals surface area (Å²) in [5.74, 6) is 6.53. The number of benzene rings is 3. The topological polar surface area (TPSA) is 74.3 Å². The number of aliphatic hydroxyl groups is 1. The van der Waals surface area contributed by atoms with Crippen molar-refractivity contribution in [3.63, 3.8) is 0 Å². The van der Waals surface area contributed by atoms with Gasteiger partial charge >= 0.3 is 0 Å². The second-order valence-corrected chi connectivity index (χ2v) is 8.86. The summed E-state index contributed by atoms with van der Waals surface area (Å²) in [4.78, 5) is 16.6. The molecule has 178 valence electrons. The highest BCUT2D eigenvalue weighted by Gasteiger charge is 2.19. The number of H-pyrrole nitrogens is 1. The van der Waals surface area contributed by atoms with Gasteiger partial charge in [-0.1, -0.05) is 48.2 Å². The van der Waals surface area contributed by atoms with Gasteiger partial charge in [-0.25, -0.2) is 0 Å². The number of nitrogens with one attached hydrogen (secondary N) is 2. The van der Waals surface area contributed by atoms with Crippen LogP contribution in [0.5, 0.6) is 5.75 Å². The summed E-state index contributed by atoms with van der Waals surface area (Å²) >= 11 is 0. The number of hydrogen-bond acceptors (Lipinski definition) is 3. The van der Waals surface area contributed by atoms with Crippen LogP contribution in [0.1, 0.15) is 46.5 Å². The van der Waals surface area contributed by atoms with Crippen molar-refractivity contribution in [2.24, 2.45) is 0 Å². The van der Waals surface area contributed by atoms with Crippen LogP contribution in [0, 0.1) is 18.8 Å². The first-order chi connectivity index (χ1) is 16.9. The van der Waals surface area contributed by atoms with Crippen LogP contribution in [0.4, 0.5) is 0 Å². The summed E-state index contributed by atoms with van der Waals surface area (Å²) < 4.78 is 5.91. The Bertz CT molecular complexity index is 1390. The average Bonchev–Trinajstić information content (AvgIpc) is 3.26. The molecule has 0 aliphatic carbocycles. The smallest absolute Gasteiger partial charge is 0.255 e. The van der Waals surface area contributed by atoms with Crippen LogP contribution >= 0.6 is 0 Å². The molecule has 3 aromatic carbocycles. The van der Waals surface area contributed by atoms with E-state index in [9.17, 15) is 9.90 Å². The number of aromatic nitrogens is 1. The first-order valence-corrected chi connectivity index (χ1v) is 11.8. The molecule has 1 aromatic heterocycles. The maximum atomic E-state index is 13.3. The zero-order chi connectivity index (χ0) is 24.8. The van der Waals surface area contributed by atoms with E-state index in [4.69, 9.17) is 4.74 Å². The van der Waals surface area contributed by atoms with E-state index < -0.39 is 6.04 Å². The molecule has 0 fully saturated rings. The Hall–Kier alpha value is -4.01. The first kappa shape index (κ1) is 24.1. The highest BCUT2D eigenvalue weighted by Crippen LogP contribution is 2.23. The summed E-state index contributed by atoms with van der Waals surface area (Å²) in [6.45, 7) is 5.67. The Morgan fingerprint density at radius 2 is 1.83 bits per heavy atom. The molecular formula is C30H30N2O3. The SMILES string of the molecule is Cc1ccccc1C#Cc1ccc(OC(C)C)c(C(=O)N[C@@H](CO)Cc2c[nH]c3ccccc23)c1. The predicted octanol–water partition coefficient (Wildman–Crippen LogP) is 5.00. The highest BCUT2D eigenvalue weighted by atomic mass is 16.5. The second kappa shape index (κ2) is 10.9. The lowest BCUT2D eigenvalue weighted by molar-refractivity contribution is 0.0910. The molecule has 0 radical (unpaired) electrons. The summed E-state index contributed by atoms with van der Waals surface area (Å²) in [6.07, 6.45) is 2.33. The number of aliphatic hydroxyl groups excluding tert-OH is 1. The summed E-state index contributed by atoms with van der Waals surface area (Å²) in [5, 5.41) is 14.1. The van der Waals surface area contributed by atoms with Crippen molar-refractivity contribution in [2.75, 3.05) is 6.61 Å². The maximum absolute atomic E-state index is 13.3. The molecule has 5 nitrogen and oxygen atoms in total. The van der Waals surface area contributed by atoms with Crippen LogP contribution in [0.3, 0.4) is 0 Å². The fourth-order valence-corrected chi connectivity index (χ4v) is 3.98. The summed E-state index contributed by atoms with van der Waals surface area (Å²) in [5.41, 5.74) is 5.22. The van der Waals surface area contributed by atoms with Crippen molar-refractivity contribution in [2.45, 2.75) is 39.3 Å². The number of rotatable bonds is 7. The monoisotopic (exact) mass is 466 g/mol. The van der Waals surface area contributed by atoms with Crippen LogP contribution < -0.4 is 10.1 Å². The molecule has 1 amide bonds. The van der Waals surface area contributed by atoms with Gasteiger partial charge < -0.3 is 20.1 Å². The third-order valence-corrected chi connectivity index (χ3v) is 5.77. The van der Waals surface area contributed by atoms with Gasteiger partial charge in [0.1, 0.15) is 5.75 Å². The number of aryl methyl sites for hydroxylation is 1. The molecular weight excluding hydrogens is 436 g/mol. The minimum Gasteiger partial charge on any atom is -0.490 e. The van der Waals surface area contributed by atoms with E-state index in [1.54, 1.807) is 12.1 Å². The van der Waals surface area contributed by atoms with Gasteiger partial charge in [-0.05, 0) is 68.7 Å². The Morgan fingerprint density at radius 1 is 1.06 bits per heavy atom. The van der Waals surface area contributed by atoms with E-state index in [1.807, 2.05) is 81.6 Å². The molecule has 0 spiro atoms. The lowest BCUT2D eigenvalue weighted by Crippen LogP contribution is -2.39. The van der Waals surface area contributed by atoms with Gasteiger partial charge in [0.05, 0.1) is 24.3 Å². The minimum atomic E-state index is -0.449. The number of ether oxygens (including phenoxy) is 1. The average molecular weight is 467 g/mol. The third-order valence-electron chi connectivity index (χ3n) is 5.77. The Labute approximate surface area is 206 Å². The highest BCUT2D eigenvalue weighted by molar-refractivity contribution is 5.97. The number of carbonyl (C=O) groups is 1. The fraction of sp³-hybridized carbons (Fsp3) is 0.233. The predicted molar refractivity (Wildman–Crippen MR) is 140 cm³/mol. The molecule has 1 heterocycles. The van der Waals surface area contributed by atoms with Gasteiger partial charge in [-0.2, -0.15) is 0 Å². The first-order valence-electron chi connectivity index (χ1n) is 11.8. The number of hydrogen-bond donors (Lipinski definition) is 3. The Balaban J connectivity index is 1.58. The molecule has 0 aliphatic heterocycles. The van der Waals surface area contributed by atoms with Crippen LogP contribution in [-0.2, 0) is 6.42 Å². The normalized spacial score (nSPS) is 11.7. The summed E-state index contributed by atoms with van der Waals surface area (Å²) in [6, 6.07) is 20.9. The van der Waals surface area contributed by atoms with E-state index in [0.717, 1.165) is 27.6 Å². The molecule has 0 bridgehead atoms. The van der Waals surface area contributed by atoms with Gasteiger partial charge in [-0.15, -0.1) is 0 Å². The number of amides is 1. The zero-order valence-electron chi connectivity index (χ0n) is 20.3. The van der Waals surface area contributed by atoms with Crippen LogP contribution in [0.2, 0.25) is 0 Å². The maximum Gasteiger partial charge on any atom is 0.255 e. The van der Waals surface area contributed by atoms with Gasteiger partial charge in [0.25, 0.3) is 5.91 Å². The molecule has 3 N–H and O–H groups in total. The largest absolute Gasteiger partial charge is 0.490 e. The summed E-state index contributed by atoms with van der Waals surface area (Å²) in [7, 11) is 0. The molecule has 5 heteroatoms. The lowest BCUT2D eigenvalue weighted by Gasteiger charge is -2.19. The quantitative estimate of drug-likeness (QED) is 0.336. The molecule has 0 aliphatic rings. The van der Waals surface area contributed by atoms with E-state index in [2.05, 4.69) is 22.1 Å². The van der Waals surface area contributed by atoms with Crippen molar-refractivity contribution >= 4 is 16.8 Å². The van der Waals surface area contributed by atoms with E-state index in [1.165, 1.54) is 0 Å². The molecule has 0 saturated carbocycles. The number of carbonyl (C=O) groups excluding carboxylic acids is 1. The van der Waals surface area contributed by atoms with Gasteiger partial charge in [-0.3, -0.25) is 4.79 Å². The molecule has 0 unspecified atom stereocenters. The van der Waals surface area contributed by atoms with Crippen molar-refractivity contribution in [1.29, 1.82) is 0 Å². The van der Waals surface area contributed by atoms with Crippen LogP contribution in [0.25, 0.3) is 10.9 Å². The minimum absolute atomic E-state index is 0.0923. The van der Waals surface area contributed by atoms with Crippen LogP contribution in [-0.4, -0.2) is 34.8 Å². The van der Waals surface area contributed by atoms with Crippen molar-refractivity contribution in [3.05, 3.63) is 101 Å². The van der Waals surface area contributed by atoms with Gasteiger partial charge in [0, 0.05) is 28.2 Å². The van der Waals surface area contributed by atoms with Gasteiger partial charge in [0.15, 0.2) is 0 Å². The lowest BCUT2D eigenvalue weighted by atomic mass is 10.0. The molecule has 4 aromatic rings. The van der Waals surface area contributed by atoms with E-state index in [-0.39, 0.29) is 18.6 Å². The fourth-order valence-electron chi connectivity index (χ4n) is 3.98.